The first kappa shape index (κ1) is 7.86. The predicted molar refractivity (Wildman–Crippen MR) is 48.3 cm³/mol. The van der Waals surface area contributed by atoms with E-state index in [1.165, 1.54) is 12.0 Å². The van der Waals surface area contributed by atoms with E-state index in [2.05, 4.69) is 26.5 Å². The fraction of sp³-hybridized carbons (Fsp3) is 0.727. The summed E-state index contributed by atoms with van der Waals surface area (Å²) in [4.78, 5) is 0. The quantitative estimate of drug-likeness (QED) is 0.501. The first-order chi connectivity index (χ1) is 5.53. The van der Waals surface area contributed by atoms with Crippen molar-refractivity contribution in [2.75, 3.05) is 0 Å². The Morgan fingerprint density at radius 3 is 2.58 bits per heavy atom. The Bertz CT molecular complexity index is 282. The highest BCUT2D eigenvalue weighted by Gasteiger charge is 2.57. The van der Waals surface area contributed by atoms with Gasteiger partial charge in [0.05, 0.1) is 11.5 Å². The lowest BCUT2D eigenvalue weighted by molar-refractivity contribution is 0.282. The summed E-state index contributed by atoms with van der Waals surface area (Å²) in [6.07, 6.45) is 3.34. The van der Waals surface area contributed by atoms with Gasteiger partial charge in [-0.2, -0.15) is 5.26 Å². The summed E-state index contributed by atoms with van der Waals surface area (Å²) < 4.78 is 0. The summed E-state index contributed by atoms with van der Waals surface area (Å²) >= 11 is 0. The molecule has 0 spiro atoms. The van der Waals surface area contributed by atoms with Crippen LogP contribution in [0.1, 0.15) is 33.1 Å². The Labute approximate surface area is 74.1 Å². The van der Waals surface area contributed by atoms with E-state index in [9.17, 15) is 0 Å². The first-order valence-corrected chi connectivity index (χ1v) is 4.64. The van der Waals surface area contributed by atoms with Gasteiger partial charge in [0.1, 0.15) is 0 Å². The Kier molecular flexibility index (Phi) is 1.27. The summed E-state index contributed by atoms with van der Waals surface area (Å²) in [5.41, 5.74) is 1.26. The van der Waals surface area contributed by atoms with Crippen LogP contribution < -0.4 is 0 Å². The number of nitrogens with zero attached hydrogens (tertiary/aromatic N) is 1. The lowest BCUT2D eigenvalue weighted by atomic mass is 9.69. The number of hydrogen-bond acceptors (Lipinski definition) is 1. The van der Waals surface area contributed by atoms with Gasteiger partial charge >= 0.3 is 0 Å². The van der Waals surface area contributed by atoms with Gasteiger partial charge in [0.2, 0.25) is 0 Å². The molecule has 0 amide bonds. The molecule has 0 saturated heterocycles. The molecule has 0 aromatic rings. The highest BCUT2D eigenvalue weighted by Crippen LogP contribution is 2.64. The minimum Gasteiger partial charge on any atom is -0.197 e. The van der Waals surface area contributed by atoms with Crippen LogP contribution in [0.2, 0.25) is 0 Å². The molecule has 0 heterocycles. The van der Waals surface area contributed by atoms with Crippen molar-refractivity contribution >= 4 is 0 Å². The van der Waals surface area contributed by atoms with Crippen LogP contribution in [0.4, 0.5) is 0 Å². The van der Waals surface area contributed by atoms with E-state index < -0.39 is 0 Å². The van der Waals surface area contributed by atoms with Gasteiger partial charge in [0, 0.05) is 0 Å². The molecule has 1 heteroatoms. The molecule has 12 heavy (non-hydrogen) atoms. The second-order valence-electron chi connectivity index (χ2n) is 4.83. The average Bonchev–Trinajstić information content (AvgIpc) is 2.53. The van der Waals surface area contributed by atoms with Gasteiger partial charge in [-0.25, -0.2) is 0 Å². The van der Waals surface area contributed by atoms with Crippen molar-refractivity contribution in [1.29, 1.82) is 5.26 Å². The molecule has 64 valence electrons. The van der Waals surface area contributed by atoms with E-state index in [0.29, 0.717) is 5.92 Å². The zero-order valence-corrected chi connectivity index (χ0v) is 7.85. The number of allylic oxidation sites excluding steroid dienone is 1. The molecular weight excluding hydrogens is 146 g/mol. The highest BCUT2D eigenvalue weighted by molar-refractivity contribution is 5.35. The topological polar surface area (TPSA) is 23.8 Å². The van der Waals surface area contributed by atoms with Gasteiger partial charge in [0.25, 0.3) is 0 Å². The second-order valence-corrected chi connectivity index (χ2v) is 4.83. The molecule has 0 unspecified atom stereocenters. The van der Waals surface area contributed by atoms with Gasteiger partial charge < -0.3 is 0 Å². The molecular formula is C11H15N. The van der Waals surface area contributed by atoms with Crippen LogP contribution in [0.5, 0.6) is 0 Å². The summed E-state index contributed by atoms with van der Waals surface area (Å²) in [6.45, 7) is 8.58. The lowest BCUT2D eigenvalue weighted by Crippen LogP contribution is -2.26. The number of rotatable bonds is 0. The molecule has 0 radical (unpaired) electrons. The van der Waals surface area contributed by atoms with Crippen molar-refractivity contribution in [3.05, 3.63) is 12.2 Å². The van der Waals surface area contributed by atoms with Crippen molar-refractivity contribution in [2.24, 2.45) is 16.7 Å². The molecule has 2 aliphatic rings. The standard InChI is InChI=1S/C11H15N/c1-8-10(2,3)9-4-5-11(8,6-9)7-12/h9H,1,4-6H2,2-3H3/t9-,11+/m1/s1. The van der Waals surface area contributed by atoms with E-state index in [4.69, 9.17) is 5.26 Å². The third-order valence-electron chi connectivity index (χ3n) is 4.10. The third-order valence-corrected chi connectivity index (χ3v) is 4.10. The van der Waals surface area contributed by atoms with Crippen LogP contribution in [0.25, 0.3) is 0 Å². The summed E-state index contributed by atoms with van der Waals surface area (Å²) in [6, 6.07) is 2.47. The molecule has 2 rings (SSSR count). The molecule has 2 bridgehead atoms. The molecule has 2 aliphatic carbocycles. The molecule has 0 N–H and O–H groups in total. The molecule has 2 fully saturated rings. The van der Waals surface area contributed by atoms with Crippen LogP contribution in [0.3, 0.4) is 0 Å². The smallest absolute Gasteiger partial charge is 0.0788 e. The van der Waals surface area contributed by atoms with Crippen molar-refractivity contribution in [2.45, 2.75) is 33.1 Å². The van der Waals surface area contributed by atoms with Crippen LogP contribution in [0.15, 0.2) is 12.2 Å². The van der Waals surface area contributed by atoms with E-state index in [0.717, 1.165) is 12.8 Å². The molecule has 1 nitrogen and oxygen atoms in total. The third kappa shape index (κ3) is 0.641. The van der Waals surface area contributed by atoms with Crippen molar-refractivity contribution in [3.63, 3.8) is 0 Å². The van der Waals surface area contributed by atoms with Gasteiger partial charge in [-0.05, 0) is 30.6 Å². The van der Waals surface area contributed by atoms with Crippen molar-refractivity contribution in [1.82, 2.24) is 0 Å². The van der Waals surface area contributed by atoms with E-state index in [1.807, 2.05) is 0 Å². The molecule has 0 aromatic heterocycles. The first-order valence-electron chi connectivity index (χ1n) is 4.64. The lowest BCUT2D eigenvalue weighted by Gasteiger charge is -2.34. The van der Waals surface area contributed by atoms with E-state index in [1.54, 1.807) is 0 Å². The predicted octanol–water partition coefficient (Wildman–Crippen LogP) is 2.89. The Morgan fingerprint density at radius 2 is 2.25 bits per heavy atom. The molecule has 2 atom stereocenters. The Morgan fingerprint density at radius 1 is 1.58 bits per heavy atom. The molecule has 0 aliphatic heterocycles. The SMILES string of the molecule is C=C1C(C)(C)[C@@H]2CC[C@@]1(C#N)C2. The van der Waals surface area contributed by atoms with E-state index in [-0.39, 0.29) is 10.8 Å². The Balaban J connectivity index is 2.47. The number of hydrogen-bond donors (Lipinski definition) is 0. The average molecular weight is 161 g/mol. The number of nitriles is 1. The minimum atomic E-state index is -0.145. The normalized spacial score (nSPS) is 43.1. The van der Waals surface area contributed by atoms with Gasteiger partial charge in [0.15, 0.2) is 0 Å². The monoisotopic (exact) mass is 161 g/mol. The van der Waals surface area contributed by atoms with Gasteiger partial charge in [-0.1, -0.05) is 26.0 Å². The van der Waals surface area contributed by atoms with E-state index >= 15 is 0 Å². The van der Waals surface area contributed by atoms with Crippen LogP contribution in [0, 0.1) is 28.1 Å². The largest absolute Gasteiger partial charge is 0.197 e. The van der Waals surface area contributed by atoms with Crippen LogP contribution in [-0.2, 0) is 0 Å². The highest BCUT2D eigenvalue weighted by atomic mass is 14.6. The number of fused-ring (bicyclic) bond motifs is 2. The summed E-state index contributed by atoms with van der Waals surface area (Å²) in [5.74, 6) is 0.713. The maximum Gasteiger partial charge on any atom is 0.0788 e. The summed E-state index contributed by atoms with van der Waals surface area (Å²) in [5, 5.41) is 9.14. The Hall–Kier alpha value is -0.770. The maximum atomic E-state index is 9.14. The molecule has 0 aromatic carbocycles. The fourth-order valence-corrected chi connectivity index (χ4v) is 2.97. The maximum absolute atomic E-state index is 9.14. The zero-order valence-electron chi connectivity index (χ0n) is 7.85. The second kappa shape index (κ2) is 1.93. The minimum absolute atomic E-state index is 0.145. The van der Waals surface area contributed by atoms with Gasteiger partial charge in [-0.3, -0.25) is 0 Å². The van der Waals surface area contributed by atoms with Crippen LogP contribution >= 0.6 is 0 Å². The summed E-state index contributed by atoms with van der Waals surface area (Å²) in [7, 11) is 0. The zero-order chi connectivity index (χ0) is 8.98. The van der Waals surface area contributed by atoms with Crippen LogP contribution in [-0.4, -0.2) is 0 Å². The fourth-order valence-electron chi connectivity index (χ4n) is 2.97. The molecule has 2 saturated carbocycles. The van der Waals surface area contributed by atoms with Crippen molar-refractivity contribution in [3.8, 4) is 6.07 Å². The van der Waals surface area contributed by atoms with Gasteiger partial charge in [-0.15, -0.1) is 0 Å². The van der Waals surface area contributed by atoms with Crippen molar-refractivity contribution < 1.29 is 0 Å².